The normalized spacial score (nSPS) is 42.3. The molecule has 0 aromatic heterocycles. The third kappa shape index (κ3) is 2.10. The maximum atomic E-state index is 6.00. The molecule has 0 bridgehead atoms. The van der Waals surface area contributed by atoms with Crippen LogP contribution in [0.3, 0.4) is 0 Å². The Bertz CT molecular complexity index is 316. The summed E-state index contributed by atoms with van der Waals surface area (Å²) < 4.78 is 11.5. The largest absolute Gasteiger partial charge is 0.378 e. The van der Waals surface area contributed by atoms with E-state index in [-0.39, 0.29) is 5.60 Å². The molecule has 2 atom stereocenters. The summed E-state index contributed by atoms with van der Waals surface area (Å²) in [4.78, 5) is 0. The number of rotatable bonds is 4. The van der Waals surface area contributed by atoms with Gasteiger partial charge in [0.2, 0.25) is 0 Å². The van der Waals surface area contributed by atoms with Gasteiger partial charge in [0.1, 0.15) is 0 Å². The average Bonchev–Trinajstić information content (AvgIpc) is 3.28. The van der Waals surface area contributed by atoms with Gasteiger partial charge in [0, 0.05) is 32.2 Å². The van der Waals surface area contributed by atoms with E-state index in [4.69, 9.17) is 9.47 Å². The molecule has 1 spiro atoms. The van der Waals surface area contributed by atoms with Crippen LogP contribution in [0.4, 0.5) is 0 Å². The van der Waals surface area contributed by atoms with E-state index >= 15 is 0 Å². The number of hydrogen-bond acceptors (Lipinski definition) is 3. The Morgan fingerprint density at radius 2 is 1.94 bits per heavy atom. The summed E-state index contributed by atoms with van der Waals surface area (Å²) in [5.74, 6) is 1.06. The van der Waals surface area contributed by atoms with Crippen molar-refractivity contribution in [2.45, 2.75) is 56.6 Å². The van der Waals surface area contributed by atoms with Crippen molar-refractivity contribution in [2.75, 3.05) is 26.4 Å². The Kier molecular flexibility index (Phi) is 2.72. The van der Waals surface area contributed by atoms with Crippen molar-refractivity contribution in [1.82, 2.24) is 5.32 Å². The third-order valence-corrected chi connectivity index (χ3v) is 5.64. The lowest BCUT2D eigenvalue weighted by Crippen LogP contribution is -2.48. The Balaban J connectivity index is 1.31. The number of nitrogens with one attached hydrogen (secondary N) is 1. The Morgan fingerprint density at radius 3 is 2.61 bits per heavy atom. The van der Waals surface area contributed by atoms with Crippen molar-refractivity contribution >= 4 is 0 Å². The highest BCUT2D eigenvalue weighted by molar-refractivity contribution is 5.05. The molecule has 3 nitrogen and oxygen atoms in total. The molecule has 0 aromatic rings. The van der Waals surface area contributed by atoms with E-state index < -0.39 is 0 Å². The van der Waals surface area contributed by atoms with Gasteiger partial charge in [-0.25, -0.2) is 0 Å². The van der Waals surface area contributed by atoms with Gasteiger partial charge in [-0.15, -0.1) is 0 Å². The summed E-state index contributed by atoms with van der Waals surface area (Å²) in [5.41, 5.74) is 0.782. The van der Waals surface area contributed by atoms with Gasteiger partial charge in [-0.2, -0.15) is 0 Å². The minimum Gasteiger partial charge on any atom is -0.378 e. The zero-order valence-corrected chi connectivity index (χ0v) is 11.2. The Hall–Kier alpha value is -0.120. The number of ether oxygens (including phenoxy) is 2. The average molecular weight is 251 g/mol. The zero-order chi connectivity index (χ0) is 12.1. The first kappa shape index (κ1) is 11.7. The van der Waals surface area contributed by atoms with Gasteiger partial charge in [-0.3, -0.25) is 0 Å². The first-order valence-electron chi connectivity index (χ1n) is 7.76. The second-order valence-corrected chi connectivity index (χ2v) is 7.04. The molecular weight excluding hydrogens is 226 g/mol. The maximum absolute atomic E-state index is 6.00. The molecule has 2 saturated carbocycles. The molecule has 3 heteroatoms. The van der Waals surface area contributed by atoms with E-state index in [0.717, 1.165) is 44.0 Å². The van der Waals surface area contributed by atoms with Crippen molar-refractivity contribution < 1.29 is 9.47 Å². The van der Waals surface area contributed by atoms with Gasteiger partial charge in [0.05, 0.1) is 12.2 Å². The molecule has 18 heavy (non-hydrogen) atoms. The second-order valence-electron chi connectivity index (χ2n) is 7.04. The monoisotopic (exact) mass is 251 g/mol. The molecular formula is C15H25NO2. The SMILES string of the molecule is C1CC2(CO1)CC(NCC1(C3CC3)CC1)CCO2. The molecule has 0 amide bonds. The van der Waals surface area contributed by atoms with Crippen LogP contribution in [0.25, 0.3) is 0 Å². The van der Waals surface area contributed by atoms with Gasteiger partial charge in [0.15, 0.2) is 0 Å². The maximum Gasteiger partial charge on any atom is 0.0951 e. The van der Waals surface area contributed by atoms with Crippen LogP contribution in [0, 0.1) is 11.3 Å². The molecule has 2 unspecified atom stereocenters. The molecule has 4 rings (SSSR count). The lowest BCUT2D eigenvalue weighted by atomic mass is 9.89. The van der Waals surface area contributed by atoms with Crippen molar-refractivity contribution in [3.8, 4) is 0 Å². The van der Waals surface area contributed by atoms with Crippen molar-refractivity contribution in [3.63, 3.8) is 0 Å². The highest BCUT2D eigenvalue weighted by Gasteiger charge is 2.53. The van der Waals surface area contributed by atoms with E-state index in [2.05, 4.69) is 5.32 Å². The summed E-state index contributed by atoms with van der Waals surface area (Å²) in [6.45, 7) is 3.88. The number of hydrogen-bond donors (Lipinski definition) is 1. The van der Waals surface area contributed by atoms with E-state index in [0.29, 0.717) is 6.04 Å². The van der Waals surface area contributed by atoms with E-state index in [9.17, 15) is 0 Å². The molecule has 102 valence electrons. The first-order chi connectivity index (χ1) is 8.80. The van der Waals surface area contributed by atoms with Crippen molar-refractivity contribution in [1.29, 1.82) is 0 Å². The molecule has 0 aromatic carbocycles. The molecule has 2 saturated heterocycles. The minimum atomic E-state index is 0.0617. The first-order valence-corrected chi connectivity index (χ1v) is 7.76. The van der Waals surface area contributed by atoms with Crippen LogP contribution in [0.15, 0.2) is 0 Å². The van der Waals surface area contributed by atoms with Crippen LogP contribution in [-0.2, 0) is 9.47 Å². The molecule has 4 fully saturated rings. The lowest BCUT2D eigenvalue weighted by molar-refractivity contribution is -0.0897. The fourth-order valence-corrected chi connectivity index (χ4v) is 4.00. The zero-order valence-electron chi connectivity index (χ0n) is 11.2. The summed E-state index contributed by atoms with van der Waals surface area (Å²) >= 11 is 0. The van der Waals surface area contributed by atoms with E-state index in [1.54, 1.807) is 0 Å². The molecule has 0 radical (unpaired) electrons. The molecule has 2 aliphatic heterocycles. The van der Waals surface area contributed by atoms with Crippen LogP contribution >= 0.6 is 0 Å². The van der Waals surface area contributed by atoms with Crippen LogP contribution in [0.1, 0.15) is 44.9 Å². The lowest BCUT2D eigenvalue weighted by Gasteiger charge is -2.38. The van der Waals surface area contributed by atoms with Gasteiger partial charge >= 0.3 is 0 Å². The third-order valence-electron chi connectivity index (χ3n) is 5.64. The predicted octanol–water partition coefficient (Wildman–Crippen LogP) is 2.10. The predicted molar refractivity (Wildman–Crippen MR) is 69.5 cm³/mol. The van der Waals surface area contributed by atoms with Crippen molar-refractivity contribution in [3.05, 3.63) is 0 Å². The van der Waals surface area contributed by atoms with E-state index in [1.165, 1.54) is 38.6 Å². The topological polar surface area (TPSA) is 30.5 Å². The Labute approximate surface area is 110 Å². The summed E-state index contributed by atoms with van der Waals surface area (Å²) in [6, 6.07) is 0.664. The minimum absolute atomic E-state index is 0.0617. The molecule has 1 N–H and O–H groups in total. The van der Waals surface area contributed by atoms with Crippen LogP contribution < -0.4 is 5.32 Å². The van der Waals surface area contributed by atoms with Crippen molar-refractivity contribution in [2.24, 2.45) is 11.3 Å². The second kappa shape index (κ2) is 4.19. The quantitative estimate of drug-likeness (QED) is 0.830. The standard InChI is InChI=1S/C15H25NO2/c1-2-12(1)14(4-5-14)10-16-13-3-7-18-15(9-13)6-8-17-11-15/h12-13,16H,1-11H2. The molecule has 2 aliphatic carbocycles. The van der Waals surface area contributed by atoms with Crippen LogP contribution in [0.5, 0.6) is 0 Å². The van der Waals surface area contributed by atoms with Gasteiger partial charge < -0.3 is 14.8 Å². The summed E-state index contributed by atoms with van der Waals surface area (Å²) in [6.07, 6.45) is 9.37. The summed E-state index contributed by atoms with van der Waals surface area (Å²) in [5, 5.41) is 3.86. The highest BCUT2D eigenvalue weighted by Crippen LogP contribution is 2.60. The fraction of sp³-hybridized carbons (Fsp3) is 1.00. The fourth-order valence-electron chi connectivity index (χ4n) is 4.00. The highest BCUT2D eigenvalue weighted by atomic mass is 16.6. The molecule has 2 heterocycles. The van der Waals surface area contributed by atoms with Gasteiger partial charge in [0.25, 0.3) is 0 Å². The van der Waals surface area contributed by atoms with Gasteiger partial charge in [-0.05, 0) is 49.9 Å². The Morgan fingerprint density at radius 1 is 1.06 bits per heavy atom. The van der Waals surface area contributed by atoms with E-state index in [1.807, 2.05) is 0 Å². The van der Waals surface area contributed by atoms with Crippen LogP contribution in [0.2, 0.25) is 0 Å². The van der Waals surface area contributed by atoms with Gasteiger partial charge in [-0.1, -0.05) is 0 Å². The smallest absolute Gasteiger partial charge is 0.0951 e. The molecule has 4 aliphatic rings. The summed E-state index contributed by atoms with van der Waals surface area (Å²) in [7, 11) is 0. The van der Waals surface area contributed by atoms with Crippen LogP contribution in [-0.4, -0.2) is 38.0 Å².